The predicted octanol–water partition coefficient (Wildman–Crippen LogP) is 26.4. The average Bonchev–Trinajstić information content (AvgIpc) is 1.55. The van der Waals surface area contributed by atoms with E-state index >= 15 is 0 Å². The molecule has 0 aliphatic carbocycles. The Morgan fingerprint density at radius 3 is 0.929 bits per heavy atom. The zero-order valence-electron chi connectivity index (χ0n) is 60.3. The molecule has 0 atom stereocenters. The molecule has 14 aromatic carbocycles. The first kappa shape index (κ1) is 65.1. The standard InChI is InChI=1S/2C51H32N4O/c1-4-15-33(16-5-1)34-27-29-35(30-28-34)43-32-44(54-50(53-43)37-19-8-3-9-20-37)38-21-14-22-39(31-38)55-45-26-13-11-24-41(45)47-46-40-23-10-12-25-42(40)52-48(49(46)56-51(47)55)36-17-6-2-7-18-36;1-4-14-35(15-5-1)43-32-44(54-50(53-43)38-18-8-3-9-19-38)36-26-24-33(25-27-36)34-28-30-39(31-29-34)55-45-23-13-11-21-41(45)47-46-40-20-10-12-22-42(40)52-48(49(46)56-51(47)55)37-16-6-2-7-17-37/h2*1-32H. The van der Waals surface area contributed by atoms with Crippen molar-refractivity contribution >= 4 is 87.7 Å². The van der Waals surface area contributed by atoms with Crippen LogP contribution in [0.5, 0.6) is 0 Å². The van der Waals surface area contributed by atoms with Gasteiger partial charge in [0.1, 0.15) is 11.4 Å². The van der Waals surface area contributed by atoms with E-state index in [-0.39, 0.29) is 0 Å². The molecule has 524 valence electrons. The van der Waals surface area contributed by atoms with Crippen LogP contribution in [-0.4, -0.2) is 39.0 Å². The van der Waals surface area contributed by atoms with Gasteiger partial charge >= 0.3 is 0 Å². The molecule has 0 saturated heterocycles. The van der Waals surface area contributed by atoms with Crippen LogP contribution in [0.25, 0.3) is 212 Å². The van der Waals surface area contributed by atoms with Gasteiger partial charge in [-0.05, 0) is 82.9 Å². The first-order valence-corrected chi connectivity index (χ1v) is 37.6. The van der Waals surface area contributed by atoms with Crippen molar-refractivity contribution in [1.29, 1.82) is 0 Å². The first-order chi connectivity index (χ1) is 55.5. The second kappa shape index (κ2) is 27.5. The van der Waals surface area contributed by atoms with Crippen molar-refractivity contribution in [3.05, 3.63) is 388 Å². The summed E-state index contributed by atoms with van der Waals surface area (Å²) in [6, 6.07) is 134. The number of hydrogen-bond acceptors (Lipinski definition) is 8. The lowest BCUT2D eigenvalue weighted by molar-refractivity contribution is 0.645. The highest BCUT2D eigenvalue weighted by Crippen LogP contribution is 2.48. The third kappa shape index (κ3) is 11.5. The lowest BCUT2D eigenvalue weighted by atomic mass is 10.0. The highest BCUT2D eigenvalue weighted by atomic mass is 16.3. The number of fused-ring (bicyclic) bond motifs is 14. The minimum Gasteiger partial charge on any atom is -0.437 e. The summed E-state index contributed by atoms with van der Waals surface area (Å²) < 4.78 is 18.5. The maximum absolute atomic E-state index is 7.03. The normalized spacial score (nSPS) is 11.6. The Kier molecular flexibility index (Phi) is 16.0. The van der Waals surface area contributed by atoms with Crippen LogP contribution in [0.4, 0.5) is 0 Å². The average molecular weight is 1430 g/mol. The maximum atomic E-state index is 7.03. The molecule has 22 rings (SSSR count). The van der Waals surface area contributed by atoms with Gasteiger partial charge in [0.05, 0.1) is 55.6 Å². The molecule has 10 heteroatoms. The van der Waals surface area contributed by atoms with Crippen molar-refractivity contribution in [3.63, 3.8) is 0 Å². The SMILES string of the molecule is c1ccc(-c2cc(-c3ccc(-c4ccc(-n5c6ccccc6c6c7c(oc65)c(-c5ccccc5)nc5ccccc57)cc4)cc3)nc(-c3ccccc3)n2)cc1.c1ccc(-c2ccc(-c3cc(-c4cccc(-n5c6ccccc6c6c7c(oc65)c(-c5ccccc5)nc5ccccc57)c4)nc(-c4ccccc4)n3)cc2)cc1. The molecular formula is C102H64N8O2. The van der Waals surface area contributed by atoms with E-state index in [0.29, 0.717) is 11.6 Å². The molecule has 0 bridgehead atoms. The highest BCUT2D eigenvalue weighted by Gasteiger charge is 2.27. The topological polar surface area (TPSA) is 113 Å². The van der Waals surface area contributed by atoms with Crippen molar-refractivity contribution in [1.82, 2.24) is 39.0 Å². The van der Waals surface area contributed by atoms with Gasteiger partial charge in [-0.3, -0.25) is 9.13 Å². The molecule has 22 aromatic rings. The zero-order chi connectivity index (χ0) is 74.0. The van der Waals surface area contributed by atoms with Gasteiger partial charge in [0, 0.05) is 88.2 Å². The molecule has 0 radical (unpaired) electrons. The van der Waals surface area contributed by atoms with Gasteiger partial charge in [0.15, 0.2) is 22.8 Å². The Hall–Kier alpha value is -15.3. The van der Waals surface area contributed by atoms with Crippen molar-refractivity contribution in [2.45, 2.75) is 0 Å². The molecule has 0 aliphatic rings. The fourth-order valence-electron chi connectivity index (χ4n) is 15.9. The lowest BCUT2D eigenvalue weighted by Gasteiger charge is -2.12. The van der Waals surface area contributed by atoms with E-state index in [2.05, 4.69) is 288 Å². The van der Waals surface area contributed by atoms with Crippen LogP contribution in [-0.2, 0) is 0 Å². The quantitative estimate of drug-likeness (QED) is 0.119. The molecular weight excluding hydrogens is 1370 g/mol. The smallest absolute Gasteiger partial charge is 0.213 e. The third-order valence-electron chi connectivity index (χ3n) is 21.3. The van der Waals surface area contributed by atoms with Gasteiger partial charge in [0.2, 0.25) is 11.4 Å². The number of furan rings is 2. The summed E-state index contributed by atoms with van der Waals surface area (Å²) in [6.07, 6.45) is 0. The summed E-state index contributed by atoms with van der Waals surface area (Å²) in [5, 5.41) is 8.75. The monoisotopic (exact) mass is 1430 g/mol. The number of rotatable bonds is 12. The molecule has 0 amide bonds. The Bertz CT molecular complexity index is 7250. The second-order valence-corrected chi connectivity index (χ2v) is 28.0. The van der Waals surface area contributed by atoms with Crippen molar-refractivity contribution in [2.75, 3.05) is 0 Å². The molecule has 0 N–H and O–H groups in total. The molecule has 0 unspecified atom stereocenters. The van der Waals surface area contributed by atoms with Crippen molar-refractivity contribution in [2.24, 2.45) is 0 Å². The molecule has 0 saturated carbocycles. The Morgan fingerprint density at radius 2 is 0.500 bits per heavy atom. The van der Waals surface area contributed by atoms with Gasteiger partial charge in [-0.2, -0.15) is 0 Å². The molecule has 0 fully saturated rings. The Morgan fingerprint density at radius 1 is 0.196 bits per heavy atom. The summed E-state index contributed by atoms with van der Waals surface area (Å²) in [6.45, 7) is 0. The van der Waals surface area contributed by atoms with E-state index in [1.54, 1.807) is 0 Å². The van der Waals surface area contributed by atoms with Crippen LogP contribution >= 0.6 is 0 Å². The highest BCUT2D eigenvalue weighted by molar-refractivity contribution is 6.30. The van der Waals surface area contributed by atoms with E-state index < -0.39 is 0 Å². The number of hydrogen-bond donors (Lipinski definition) is 0. The van der Waals surface area contributed by atoms with E-state index in [9.17, 15) is 0 Å². The summed E-state index contributed by atoms with van der Waals surface area (Å²) >= 11 is 0. The Balaban J connectivity index is 0.000000141. The molecule has 0 spiro atoms. The number of nitrogens with zero attached hydrogens (tertiary/aromatic N) is 8. The third-order valence-corrected chi connectivity index (χ3v) is 21.3. The molecule has 8 aromatic heterocycles. The maximum Gasteiger partial charge on any atom is 0.213 e. The van der Waals surface area contributed by atoms with E-state index in [4.69, 9.17) is 38.7 Å². The summed E-state index contributed by atoms with van der Waals surface area (Å²) in [5.74, 6) is 1.38. The van der Waals surface area contributed by atoms with E-state index in [1.807, 2.05) is 109 Å². The fourth-order valence-corrected chi connectivity index (χ4v) is 15.9. The molecule has 112 heavy (non-hydrogen) atoms. The predicted molar refractivity (Wildman–Crippen MR) is 457 cm³/mol. The van der Waals surface area contributed by atoms with Crippen LogP contribution in [0, 0.1) is 0 Å². The number of para-hydroxylation sites is 4. The summed E-state index contributed by atoms with van der Waals surface area (Å²) in [5.41, 5.74) is 27.0. The van der Waals surface area contributed by atoms with Crippen LogP contribution in [0.1, 0.15) is 0 Å². The minimum absolute atomic E-state index is 0.676. The fraction of sp³-hybridized carbons (Fsp3) is 0. The van der Waals surface area contributed by atoms with Crippen molar-refractivity contribution < 1.29 is 8.83 Å². The first-order valence-electron chi connectivity index (χ1n) is 37.6. The molecule has 8 heterocycles. The zero-order valence-corrected chi connectivity index (χ0v) is 60.3. The van der Waals surface area contributed by atoms with Crippen LogP contribution in [0.15, 0.2) is 397 Å². The molecule has 0 aliphatic heterocycles. The van der Waals surface area contributed by atoms with E-state index in [0.717, 1.165) is 194 Å². The van der Waals surface area contributed by atoms with Gasteiger partial charge < -0.3 is 8.83 Å². The van der Waals surface area contributed by atoms with Crippen LogP contribution in [0.2, 0.25) is 0 Å². The molecule has 10 nitrogen and oxygen atoms in total. The number of pyridine rings is 2. The summed E-state index contributed by atoms with van der Waals surface area (Å²) in [4.78, 5) is 30.5. The van der Waals surface area contributed by atoms with Gasteiger partial charge in [-0.1, -0.05) is 328 Å². The summed E-state index contributed by atoms with van der Waals surface area (Å²) in [7, 11) is 0. The van der Waals surface area contributed by atoms with Gasteiger partial charge in [-0.15, -0.1) is 0 Å². The largest absolute Gasteiger partial charge is 0.437 e. The minimum atomic E-state index is 0.676. The van der Waals surface area contributed by atoms with Gasteiger partial charge in [0.25, 0.3) is 0 Å². The number of aromatic nitrogens is 8. The number of benzene rings is 14. The van der Waals surface area contributed by atoms with Crippen LogP contribution in [0.3, 0.4) is 0 Å². The van der Waals surface area contributed by atoms with Crippen molar-refractivity contribution in [3.8, 4) is 124 Å². The second-order valence-electron chi connectivity index (χ2n) is 28.0. The lowest BCUT2D eigenvalue weighted by Crippen LogP contribution is -1.97. The Labute approximate surface area is 643 Å². The van der Waals surface area contributed by atoms with Crippen LogP contribution < -0.4 is 0 Å². The van der Waals surface area contributed by atoms with Gasteiger partial charge in [-0.25, -0.2) is 29.9 Å². The van der Waals surface area contributed by atoms with E-state index in [1.165, 1.54) is 5.56 Å².